The highest BCUT2D eigenvalue weighted by Gasteiger charge is 2.26. The fraction of sp³-hybridized carbons (Fsp3) is 0.0909. The summed E-state index contributed by atoms with van der Waals surface area (Å²) >= 11 is 8.41. The van der Waals surface area contributed by atoms with Crippen molar-refractivity contribution in [3.05, 3.63) is 40.0 Å². The molecule has 0 saturated carbocycles. The Balaban J connectivity index is 2.37. The third kappa shape index (κ3) is 2.01. The van der Waals surface area contributed by atoms with Crippen LogP contribution in [0.1, 0.15) is 5.56 Å². The summed E-state index contributed by atoms with van der Waals surface area (Å²) in [5, 5.41) is 3.31. The second-order valence-electron chi connectivity index (χ2n) is 3.37. The van der Waals surface area contributed by atoms with Crippen molar-refractivity contribution in [1.29, 1.82) is 0 Å². The zero-order valence-corrected chi connectivity index (χ0v) is 10.9. The lowest BCUT2D eigenvalue weighted by Gasteiger charge is -2.02. The first-order valence-electron chi connectivity index (χ1n) is 4.65. The average molecular weight is 297 g/mol. The molecule has 1 heterocycles. The Kier molecular flexibility index (Phi) is 3.07. The van der Waals surface area contributed by atoms with Crippen LogP contribution in [0, 0.1) is 0 Å². The molecule has 1 aliphatic rings. The third-order valence-corrected chi connectivity index (χ3v) is 3.38. The minimum absolute atomic E-state index is 0.110. The number of likely N-dealkylation sites (N-methyl/N-ethyl adjacent to an activating group) is 1. The molecule has 1 aromatic carbocycles. The number of hydrogen-bond donors (Lipinski definition) is 1. The molecule has 0 aliphatic carbocycles. The number of amides is 1. The van der Waals surface area contributed by atoms with Gasteiger partial charge in [-0.3, -0.25) is 9.69 Å². The smallest absolute Gasteiger partial charge is 0.276 e. The van der Waals surface area contributed by atoms with Gasteiger partial charge in [0.1, 0.15) is 5.70 Å². The Hall–Kier alpha value is -1.20. The molecule has 82 valence electrons. The molecule has 0 aromatic heterocycles. The van der Waals surface area contributed by atoms with Crippen LogP contribution in [-0.2, 0) is 4.79 Å². The number of hydrogen-bond acceptors (Lipinski definition) is 2. The number of carbonyl (C=O) groups excluding carboxylic acids is 1. The van der Waals surface area contributed by atoms with Crippen LogP contribution in [0.15, 0.2) is 34.4 Å². The lowest BCUT2D eigenvalue weighted by Crippen LogP contribution is -2.25. The van der Waals surface area contributed by atoms with Gasteiger partial charge in [0.05, 0.1) is 0 Å². The Morgan fingerprint density at radius 3 is 2.69 bits per heavy atom. The summed E-state index contributed by atoms with van der Waals surface area (Å²) in [6.07, 6.45) is 1.78. The molecule has 1 fully saturated rings. The van der Waals surface area contributed by atoms with Gasteiger partial charge in [-0.1, -0.05) is 34.1 Å². The summed E-state index contributed by atoms with van der Waals surface area (Å²) in [7, 11) is 1.65. The number of nitrogens with zero attached hydrogens (tertiary/aromatic N) is 1. The lowest BCUT2D eigenvalue weighted by molar-refractivity contribution is -0.121. The SMILES string of the molecule is CN1C(=O)/C(=C/c2ccccc2Br)NC1=S. The Bertz CT molecular complexity index is 499. The summed E-state index contributed by atoms with van der Waals surface area (Å²) in [4.78, 5) is 13.1. The molecule has 5 heteroatoms. The molecule has 1 aliphatic heterocycles. The molecule has 1 saturated heterocycles. The molecule has 0 unspecified atom stereocenters. The Morgan fingerprint density at radius 2 is 2.12 bits per heavy atom. The van der Waals surface area contributed by atoms with Gasteiger partial charge in [-0.15, -0.1) is 0 Å². The van der Waals surface area contributed by atoms with Crippen molar-refractivity contribution in [3.8, 4) is 0 Å². The summed E-state index contributed by atoms with van der Waals surface area (Å²) in [6, 6.07) is 7.69. The van der Waals surface area contributed by atoms with Crippen LogP contribution in [0.5, 0.6) is 0 Å². The molecule has 1 N–H and O–H groups in total. The maximum absolute atomic E-state index is 11.7. The monoisotopic (exact) mass is 296 g/mol. The minimum Gasteiger partial charge on any atom is -0.328 e. The normalized spacial score (nSPS) is 18.1. The number of thiocarbonyl (C=S) groups is 1. The summed E-state index contributed by atoms with van der Waals surface area (Å²) in [5.41, 5.74) is 1.44. The van der Waals surface area contributed by atoms with Gasteiger partial charge in [0.25, 0.3) is 5.91 Å². The fourth-order valence-electron chi connectivity index (χ4n) is 1.37. The van der Waals surface area contributed by atoms with Crippen LogP contribution in [0.25, 0.3) is 6.08 Å². The fourth-order valence-corrected chi connectivity index (χ4v) is 1.96. The first-order valence-corrected chi connectivity index (χ1v) is 5.85. The molecule has 1 aromatic rings. The number of carbonyl (C=O) groups is 1. The van der Waals surface area contributed by atoms with Crippen molar-refractivity contribution in [2.45, 2.75) is 0 Å². The lowest BCUT2D eigenvalue weighted by atomic mass is 10.2. The molecule has 0 spiro atoms. The van der Waals surface area contributed by atoms with Crippen molar-refractivity contribution in [2.75, 3.05) is 7.05 Å². The largest absolute Gasteiger partial charge is 0.328 e. The maximum Gasteiger partial charge on any atom is 0.276 e. The number of nitrogens with one attached hydrogen (secondary N) is 1. The maximum atomic E-state index is 11.7. The van der Waals surface area contributed by atoms with E-state index in [4.69, 9.17) is 12.2 Å². The van der Waals surface area contributed by atoms with Crippen LogP contribution >= 0.6 is 28.1 Å². The molecule has 2 rings (SSSR count). The molecule has 3 nitrogen and oxygen atoms in total. The van der Waals surface area contributed by atoms with Crippen molar-refractivity contribution < 1.29 is 4.79 Å². The second kappa shape index (κ2) is 4.35. The first kappa shape index (κ1) is 11.3. The summed E-state index contributed by atoms with van der Waals surface area (Å²) in [5.74, 6) is -0.110. The molecular weight excluding hydrogens is 288 g/mol. The van der Waals surface area contributed by atoms with E-state index in [1.54, 1.807) is 13.1 Å². The quantitative estimate of drug-likeness (QED) is 0.637. The van der Waals surface area contributed by atoms with Crippen LogP contribution in [-0.4, -0.2) is 23.0 Å². The zero-order chi connectivity index (χ0) is 11.7. The van der Waals surface area contributed by atoms with E-state index < -0.39 is 0 Å². The van der Waals surface area contributed by atoms with E-state index in [2.05, 4.69) is 21.2 Å². The van der Waals surface area contributed by atoms with Gasteiger partial charge in [-0.2, -0.15) is 0 Å². The summed E-state index contributed by atoms with van der Waals surface area (Å²) in [6.45, 7) is 0. The second-order valence-corrected chi connectivity index (χ2v) is 4.61. The molecule has 0 atom stereocenters. The van der Waals surface area contributed by atoms with E-state index in [0.717, 1.165) is 10.0 Å². The molecule has 0 bridgehead atoms. The van der Waals surface area contributed by atoms with Gasteiger partial charge >= 0.3 is 0 Å². The minimum atomic E-state index is -0.110. The highest BCUT2D eigenvalue weighted by molar-refractivity contribution is 9.10. The predicted molar refractivity (Wildman–Crippen MR) is 70.6 cm³/mol. The highest BCUT2D eigenvalue weighted by Crippen LogP contribution is 2.20. The van der Waals surface area contributed by atoms with Gasteiger partial charge in [-0.25, -0.2) is 0 Å². The highest BCUT2D eigenvalue weighted by atomic mass is 79.9. The van der Waals surface area contributed by atoms with Crippen molar-refractivity contribution in [1.82, 2.24) is 10.2 Å². The molecule has 1 amide bonds. The molecular formula is C11H9BrN2OS. The topological polar surface area (TPSA) is 32.3 Å². The van der Waals surface area contributed by atoms with E-state index >= 15 is 0 Å². The molecule has 0 radical (unpaired) electrons. The van der Waals surface area contributed by atoms with Crippen molar-refractivity contribution in [2.24, 2.45) is 0 Å². The van der Waals surface area contributed by atoms with Crippen LogP contribution in [0.3, 0.4) is 0 Å². The van der Waals surface area contributed by atoms with Gasteiger partial charge < -0.3 is 5.32 Å². The van der Waals surface area contributed by atoms with Gasteiger partial charge in [0.15, 0.2) is 5.11 Å². The van der Waals surface area contributed by atoms with Gasteiger partial charge in [0.2, 0.25) is 0 Å². The Labute approximate surface area is 107 Å². The van der Waals surface area contributed by atoms with Crippen molar-refractivity contribution in [3.63, 3.8) is 0 Å². The van der Waals surface area contributed by atoms with E-state index in [1.807, 2.05) is 24.3 Å². The van der Waals surface area contributed by atoms with Gasteiger partial charge in [0, 0.05) is 11.5 Å². The van der Waals surface area contributed by atoms with E-state index in [0.29, 0.717) is 10.8 Å². The zero-order valence-electron chi connectivity index (χ0n) is 8.53. The predicted octanol–water partition coefficient (Wildman–Crippen LogP) is 2.14. The van der Waals surface area contributed by atoms with E-state index in [9.17, 15) is 4.79 Å². The van der Waals surface area contributed by atoms with Crippen LogP contribution < -0.4 is 5.32 Å². The molecule has 16 heavy (non-hydrogen) atoms. The van der Waals surface area contributed by atoms with E-state index in [-0.39, 0.29) is 5.91 Å². The van der Waals surface area contributed by atoms with Crippen LogP contribution in [0.4, 0.5) is 0 Å². The Morgan fingerprint density at radius 1 is 1.44 bits per heavy atom. The number of rotatable bonds is 1. The van der Waals surface area contributed by atoms with Crippen molar-refractivity contribution >= 4 is 45.2 Å². The van der Waals surface area contributed by atoms with Gasteiger partial charge in [-0.05, 0) is 29.9 Å². The number of benzene rings is 1. The standard InChI is InChI=1S/C11H9BrN2OS/c1-14-10(15)9(13-11(14)16)6-7-4-2-3-5-8(7)12/h2-6H,1H3,(H,13,16)/b9-6-. The van der Waals surface area contributed by atoms with Crippen LogP contribution in [0.2, 0.25) is 0 Å². The third-order valence-electron chi connectivity index (χ3n) is 2.29. The average Bonchev–Trinajstić information content (AvgIpc) is 2.50. The summed E-state index contributed by atoms with van der Waals surface area (Å²) < 4.78 is 0.942. The number of halogens is 1. The van der Waals surface area contributed by atoms with E-state index in [1.165, 1.54) is 4.90 Å². The first-order chi connectivity index (χ1) is 7.59.